The van der Waals surface area contributed by atoms with Gasteiger partial charge in [0, 0.05) is 22.7 Å². The molecule has 3 aromatic rings. The van der Waals surface area contributed by atoms with Crippen molar-refractivity contribution in [2.45, 2.75) is 16.5 Å². The average molecular weight is 370 g/mol. The van der Waals surface area contributed by atoms with E-state index in [0.717, 1.165) is 21.3 Å². The molecule has 0 aliphatic heterocycles. The van der Waals surface area contributed by atoms with Gasteiger partial charge >= 0.3 is 0 Å². The number of methoxy groups -OCH3 is 1. The van der Waals surface area contributed by atoms with Crippen LogP contribution in [-0.2, 0) is 4.79 Å². The predicted octanol–water partition coefficient (Wildman–Crippen LogP) is 4.94. The lowest BCUT2D eigenvalue weighted by atomic mass is 10.2. The Morgan fingerprint density at radius 1 is 1.20 bits per heavy atom. The maximum absolute atomic E-state index is 12.4. The molecule has 0 unspecified atom stereocenters. The number of benzene rings is 2. The Hall–Kier alpha value is -2.31. The van der Waals surface area contributed by atoms with Crippen molar-refractivity contribution in [2.75, 3.05) is 12.4 Å². The molecule has 3 rings (SSSR count). The van der Waals surface area contributed by atoms with E-state index in [1.54, 1.807) is 24.5 Å². The average Bonchev–Trinajstić information content (AvgIpc) is 3.11. The van der Waals surface area contributed by atoms with Gasteiger partial charge in [-0.05, 0) is 19.1 Å². The fourth-order valence-electron chi connectivity index (χ4n) is 2.20. The number of carbonyl (C=O) groups is 1. The molecule has 0 spiro atoms. The second-order valence-electron chi connectivity index (χ2n) is 5.35. The van der Waals surface area contributed by atoms with Crippen LogP contribution in [0.2, 0.25) is 0 Å². The first-order valence-corrected chi connectivity index (χ1v) is 9.54. The Balaban J connectivity index is 1.62. The van der Waals surface area contributed by atoms with E-state index in [4.69, 9.17) is 4.74 Å². The van der Waals surface area contributed by atoms with Gasteiger partial charge in [0.05, 0.1) is 18.1 Å². The first-order valence-electron chi connectivity index (χ1n) is 7.78. The van der Waals surface area contributed by atoms with Crippen LogP contribution in [0.3, 0.4) is 0 Å². The zero-order valence-corrected chi connectivity index (χ0v) is 15.6. The fourth-order valence-corrected chi connectivity index (χ4v) is 4.17. The first-order chi connectivity index (χ1) is 12.2. The molecule has 0 saturated carbocycles. The van der Waals surface area contributed by atoms with Crippen molar-refractivity contribution in [3.8, 4) is 17.0 Å². The normalized spacial score (nSPS) is 11.8. The number of nitrogens with zero attached hydrogens (tertiary/aromatic N) is 1. The van der Waals surface area contributed by atoms with Gasteiger partial charge in [0.1, 0.15) is 5.75 Å². The van der Waals surface area contributed by atoms with E-state index < -0.39 is 0 Å². The SMILES string of the molecule is COc1cccc(NC(=O)[C@@H](C)Sc2nc(-c3ccccc3)cs2)c1. The fraction of sp³-hybridized carbons (Fsp3) is 0.158. The number of thioether (sulfide) groups is 1. The number of nitrogens with one attached hydrogen (secondary N) is 1. The Labute approximate surface area is 155 Å². The predicted molar refractivity (Wildman–Crippen MR) is 104 cm³/mol. The van der Waals surface area contributed by atoms with Gasteiger partial charge in [-0.1, -0.05) is 48.2 Å². The minimum Gasteiger partial charge on any atom is -0.497 e. The van der Waals surface area contributed by atoms with Crippen LogP contribution in [0.15, 0.2) is 64.3 Å². The Kier molecular flexibility index (Phi) is 5.73. The number of ether oxygens (including phenoxy) is 1. The van der Waals surface area contributed by atoms with Crippen molar-refractivity contribution in [3.05, 3.63) is 60.0 Å². The first kappa shape index (κ1) is 17.5. The molecular weight excluding hydrogens is 352 g/mol. The standard InChI is InChI=1S/C19H18N2O2S2/c1-13(18(22)20-15-9-6-10-16(11-15)23-2)25-19-21-17(12-24-19)14-7-4-3-5-8-14/h3-13H,1-2H3,(H,20,22)/t13-/m1/s1. The van der Waals surface area contributed by atoms with Crippen LogP contribution in [0.25, 0.3) is 11.3 Å². The summed E-state index contributed by atoms with van der Waals surface area (Å²) >= 11 is 3.01. The van der Waals surface area contributed by atoms with Crippen molar-refractivity contribution >= 4 is 34.7 Å². The van der Waals surface area contributed by atoms with Crippen LogP contribution in [0.1, 0.15) is 6.92 Å². The molecule has 6 heteroatoms. The molecule has 0 fully saturated rings. The summed E-state index contributed by atoms with van der Waals surface area (Å²) in [6, 6.07) is 17.4. The third kappa shape index (κ3) is 4.61. The molecule has 1 N–H and O–H groups in total. The molecule has 1 aromatic heterocycles. The van der Waals surface area contributed by atoms with Crippen LogP contribution in [0.4, 0.5) is 5.69 Å². The summed E-state index contributed by atoms with van der Waals surface area (Å²) in [5.41, 5.74) is 2.74. The summed E-state index contributed by atoms with van der Waals surface area (Å²) in [5.74, 6) is 0.653. The van der Waals surface area contributed by atoms with Gasteiger partial charge < -0.3 is 10.1 Å². The molecule has 1 amide bonds. The molecule has 0 saturated heterocycles. The van der Waals surface area contributed by atoms with Crippen LogP contribution in [0, 0.1) is 0 Å². The van der Waals surface area contributed by atoms with Gasteiger partial charge in [-0.2, -0.15) is 0 Å². The number of carbonyl (C=O) groups excluding carboxylic acids is 1. The molecule has 0 aliphatic carbocycles. The topological polar surface area (TPSA) is 51.2 Å². The molecule has 25 heavy (non-hydrogen) atoms. The highest BCUT2D eigenvalue weighted by Crippen LogP contribution is 2.31. The highest BCUT2D eigenvalue weighted by atomic mass is 32.2. The Morgan fingerprint density at radius 2 is 2.00 bits per heavy atom. The highest BCUT2D eigenvalue weighted by molar-refractivity contribution is 8.02. The number of hydrogen-bond donors (Lipinski definition) is 1. The van der Waals surface area contributed by atoms with E-state index in [1.165, 1.54) is 11.8 Å². The lowest BCUT2D eigenvalue weighted by molar-refractivity contribution is -0.115. The summed E-state index contributed by atoms with van der Waals surface area (Å²) < 4.78 is 6.05. The Morgan fingerprint density at radius 3 is 2.76 bits per heavy atom. The summed E-state index contributed by atoms with van der Waals surface area (Å²) in [6.07, 6.45) is 0. The number of rotatable bonds is 6. The van der Waals surface area contributed by atoms with Gasteiger partial charge in [-0.3, -0.25) is 4.79 Å². The minimum atomic E-state index is -0.249. The van der Waals surface area contributed by atoms with Gasteiger partial charge in [-0.15, -0.1) is 11.3 Å². The van der Waals surface area contributed by atoms with Crippen molar-refractivity contribution in [1.29, 1.82) is 0 Å². The monoisotopic (exact) mass is 370 g/mol. The Bertz CT molecular complexity index is 849. The summed E-state index contributed by atoms with van der Waals surface area (Å²) in [6.45, 7) is 1.88. The second-order valence-corrected chi connectivity index (χ2v) is 7.79. The number of amides is 1. The lowest BCUT2D eigenvalue weighted by Crippen LogP contribution is -2.22. The van der Waals surface area contributed by atoms with E-state index in [-0.39, 0.29) is 11.2 Å². The molecule has 0 aliphatic rings. The quantitative estimate of drug-likeness (QED) is 0.625. The van der Waals surface area contributed by atoms with E-state index >= 15 is 0 Å². The number of aromatic nitrogens is 1. The molecule has 1 atom stereocenters. The van der Waals surface area contributed by atoms with Gasteiger partial charge in [-0.25, -0.2) is 4.98 Å². The molecule has 1 heterocycles. The van der Waals surface area contributed by atoms with Crippen LogP contribution in [0.5, 0.6) is 5.75 Å². The lowest BCUT2D eigenvalue weighted by Gasteiger charge is -2.11. The van der Waals surface area contributed by atoms with Crippen LogP contribution < -0.4 is 10.1 Å². The molecule has 0 radical (unpaired) electrons. The summed E-state index contributed by atoms with van der Waals surface area (Å²) in [5, 5.41) is 4.68. The number of hydrogen-bond acceptors (Lipinski definition) is 5. The van der Waals surface area contributed by atoms with E-state index in [1.807, 2.05) is 60.8 Å². The van der Waals surface area contributed by atoms with E-state index in [2.05, 4.69) is 10.3 Å². The van der Waals surface area contributed by atoms with E-state index in [0.29, 0.717) is 5.75 Å². The second kappa shape index (κ2) is 8.18. The molecule has 2 aromatic carbocycles. The minimum absolute atomic E-state index is 0.0604. The third-order valence-electron chi connectivity index (χ3n) is 3.54. The largest absolute Gasteiger partial charge is 0.497 e. The van der Waals surface area contributed by atoms with Gasteiger partial charge in [0.2, 0.25) is 5.91 Å². The van der Waals surface area contributed by atoms with Crippen molar-refractivity contribution < 1.29 is 9.53 Å². The zero-order valence-electron chi connectivity index (χ0n) is 13.9. The third-order valence-corrected chi connectivity index (χ3v) is 5.61. The van der Waals surface area contributed by atoms with Gasteiger partial charge in [0.25, 0.3) is 0 Å². The number of anilines is 1. The maximum atomic E-state index is 12.4. The zero-order chi connectivity index (χ0) is 17.6. The molecular formula is C19H18N2O2S2. The van der Waals surface area contributed by atoms with Crippen molar-refractivity contribution in [3.63, 3.8) is 0 Å². The van der Waals surface area contributed by atoms with Crippen LogP contribution in [-0.4, -0.2) is 23.3 Å². The summed E-state index contributed by atoms with van der Waals surface area (Å²) in [7, 11) is 1.60. The molecule has 128 valence electrons. The maximum Gasteiger partial charge on any atom is 0.237 e. The van der Waals surface area contributed by atoms with Crippen molar-refractivity contribution in [2.24, 2.45) is 0 Å². The molecule has 4 nitrogen and oxygen atoms in total. The van der Waals surface area contributed by atoms with E-state index in [9.17, 15) is 4.79 Å². The van der Waals surface area contributed by atoms with Crippen LogP contribution >= 0.6 is 23.1 Å². The van der Waals surface area contributed by atoms with Crippen molar-refractivity contribution in [1.82, 2.24) is 4.98 Å². The molecule has 0 bridgehead atoms. The highest BCUT2D eigenvalue weighted by Gasteiger charge is 2.17. The smallest absolute Gasteiger partial charge is 0.237 e. The number of thiazole rings is 1. The van der Waals surface area contributed by atoms with Gasteiger partial charge in [0.15, 0.2) is 4.34 Å². The summed E-state index contributed by atoms with van der Waals surface area (Å²) in [4.78, 5) is 17.0.